The van der Waals surface area contributed by atoms with Gasteiger partial charge < -0.3 is 19.5 Å². The lowest BCUT2D eigenvalue weighted by atomic mass is 10.1. The van der Waals surface area contributed by atoms with Gasteiger partial charge in [-0.05, 0) is 49.4 Å². The Balaban J connectivity index is 1.50. The van der Waals surface area contributed by atoms with Crippen molar-refractivity contribution in [3.05, 3.63) is 59.4 Å². The summed E-state index contributed by atoms with van der Waals surface area (Å²) in [6, 6.07) is 9.55. The molecule has 2 aromatic rings. The number of fused-ring (bicyclic) bond motifs is 1. The average molecular weight is 373 g/mol. The fourth-order valence-corrected chi connectivity index (χ4v) is 2.43. The van der Waals surface area contributed by atoms with Gasteiger partial charge in [0.1, 0.15) is 12.4 Å². The quantitative estimate of drug-likeness (QED) is 0.616. The lowest BCUT2D eigenvalue weighted by molar-refractivity contribution is -0.145. The van der Waals surface area contributed by atoms with Gasteiger partial charge in [-0.25, -0.2) is 4.39 Å². The third kappa shape index (κ3) is 4.41. The van der Waals surface area contributed by atoms with Gasteiger partial charge >= 0.3 is 5.97 Å². The van der Waals surface area contributed by atoms with Crippen LogP contribution in [0.2, 0.25) is 0 Å². The fraction of sp³-hybridized carbons (Fsp3) is 0.211. The number of amides is 1. The molecule has 0 saturated heterocycles. The molecular formula is C19H16FNO6. The number of carbonyl (C=O) groups is 3. The summed E-state index contributed by atoms with van der Waals surface area (Å²) in [5.74, 6) is -1.22. The Kier molecular flexibility index (Phi) is 5.35. The number of esters is 1. The summed E-state index contributed by atoms with van der Waals surface area (Å²) in [5, 5.41) is 2.41. The summed E-state index contributed by atoms with van der Waals surface area (Å²) in [7, 11) is 0. The lowest BCUT2D eigenvalue weighted by Gasteiger charge is -2.13. The van der Waals surface area contributed by atoms with Crippen molar-refractivity contribution in [3.63, 3.8) is 0 Å². The highest BCUT2D eigenvalue weighted by molar-refractivity contribution is 6.00. The molecule has 0 unspecified atom stereocenters. The predicted octanol–water partition coefficient (Wildman–Crippen LogP) is 2.10. The van der Waals surface area contributed by atoms with Crippen LogP contribution in [-0.4, -0.2) is 37.1 Å². The Morgan fingerprint density at radius 2 is 1.74 bits per heavy atom. The molecule has 1 amide bonds. The molecule has 0 aliphatic carbocycles. The van der Waals surface area contributed by atoms with E-state index in [4.69, 9.17) is 14.2 Å². The summed E-state index contributed by atoms with van der Waals surface area (Å²) in [6.45, 7) is 1.09. The molecule has 8 heteroatoms. The van der Waals surface area contributed by atoms with Crippen LogP contribution in [0.3, 0.4) is 0 Å². The van der Waals surface area contributed by atoms with E-state index in [0.29, 0.717) is 17.1 Å². The van der Waals surface area contributed by atoms with Crippen LogP contribution in [0.4, 0.5) is 4.39 Å². The third-order valence-corrected chi connectivity index (χ3v) is 3.83. The molecule has 140 valence electrons. The number of Topliss-reactive ketones (excluding diaryl/α,β-unsaturated/α-hetero) is 1. The van der Waals surface area contributed by atoms with Gasteiger partial charge in [-0.2, -0.15) is 0 Å². The first-order valence-electron chi connectivity index (χ1n) is 8.11. The maximum absolute atomic E-state index is 12.9. The van der Waals surface area contributed by atoms with E-state index in [1.54, 1.807) is 6.07 Å². The minimum absolute atomic E-state index is 0.0900. The molecule has 1 aliphatic rings. The summed E-state index contributed by atoms with van der Waals surface area (Å²) in [4.78, 5) is 36.1. The molecule has 0 aromatic heterocycles. The van der Waals surface area contributed by atoms with Gasteiger partial charge in [-0.3, -0.25) is 14.4 Å². The molecule has 7 nitrogen and oxygen atoms in total. The van der Waals surface area contributed by atoms with E-state index in [9.17, 15) is 18.8 Å². The monoisotopic (exact) mass is 373 g/mol. The molecule has 1 atom stereocenters. The van der Waals surface area contributed by atoms with E-state index in [-0.39, 0.29) is 12.4 Å². The van der Waals surface area contributed by atoms with E-state index in [1.165, 1.54) is 31.2 Å². The molecule has 0 spiro atoms. The largest absolute Gasteiger partial charge is 0.454 e. The second-order valence-electron chi connectivity index (χ2n) is 5.75. The van der Waals surface area contributed by atoms with Crippen LogP contribution in [-0.2, 0) is 9.53 Å². The predicted molar refractivity (Wildman–Crippen MR) is 91.2 cm³/mol. The molecule has 2 aromatic carbocycles. The summed E-state index contributed by atoms with van der Waals surface area (Å²) >= 11 is 0. The van der Waals surface area contributed by atoms with Crippen molar-refractivity contribution in [2.45, 2.75) is 13.0 Å². The molecular weight excluding hydrogens is 357 g/mol. The minimum atomic E-state index is -1.06. The van der Waals surface area contributed by atoms with Gasteiger partial charge in [0.2, 0.25) is 12.6 Å². The lowest BCUT2D eigenvalue weighted by Crippen LogP contribution is -2.34. The highest BCUT2D eigenvalue weighted by atomic mass is 19.1. The van der Waals surface area contributed by atoms with Crippen molar-refractivity contribution in [2.75, 3.05) is 13.3 Å². The molecule has 0 saturated carbocycles. The van der Waals surface area contributed by atoms with Gasteiger partial charge in [-0.15, -0.1) is 0 Å². The Hall–Kier alpha value is -3.42. The van der Waals surface area contributed by atoms with Crippen LogP contribution < -0.4 is 14.8 Å². The topological polar surface area (TPSA) is 90.9 Å². The molecule has 0 radical (unpaired) electrons. The van der Waals surface area contributed by atoms with Crippen molar-refractivity contribution >= 4 is 17.7 Å². The highest BCUT2D eigenvalue weighted by Crippen LogP contribution is 2.32. The van der Waals surface area contributed by atoms with Gasteiger partial charge in [-0.1, -0.05) is 0 Å². The Morgan fingerprint density at radius 3 is 2.48 bits per heavy atom. The standard InChI is InChI=1S/C19H16FNO6/c1-11(18(23)12-2-5-14(20)6-3-12)27-17(22)9-21-19(24)13-4-7-15-16(8-13)26-10-25-15/h2-8,11H,9-10H2,1H3,(H,21,24)/t11-/m1/s1. The summed E-state index contributed by atoms with van der Waals surface area (Å²) in [5.41, 5.74) is 0.517. The molecule has 0 bridgehead atoms. The summed E-state index contributed by atoms with van der Waals surface area (Å²) in [6.07, 6.45) is -1.06. The molecule has 3 rings (SSSR count). The average Bonchev–Trinajstić information content (AvgIpc) is 3.13. The van der Waals surface area contributed by atoms with Crippen molar-refractivity contribution < 1.29 is 33.0 Å². The number of benzene rings is 2. The van der Waals surface area contributed by atoms with Crippen molar-refractivity contribution in [1.29, 1.82) is 0 Å². The normalized spacial score (nSPS) is 13.0. The van der Waals surface area contributed by atoms with Crippen molar-refractivity contribution in [3.8, 4) is 11.5 Å². The van der Waals surface area contributed by atoms with Crippen molar-refractivity contribution in [2.24, 2.45) is 0 Å². The second kappa shape index (κ2) is 7.86. The number of hydrogen-bond acceptors (Lipinski definition) is 6. The fourth-order valence-electron chi connectivity index (χ4n) is 2.43. The second-order valence-corrected chi connectivity index (χ2v) is 5.75. The van der Waals surface area contributed by atoms with Crippen LogP contribution in [0.25, 0.3) is 0 Å². The van der Waals surface area contributed by atoms with Crippen LogP contribution >= 0.6 is 0 Å². The third-order valence-electron chi connectivity index (χ3n) is 3.83. The van der Waals surface area contributed by atoms with Crippen LogP contribution in [0, 0.1) is 5.82 Å². The van der Waals surface area contributed by atoms with Crippen LogP contribution in [0.1, 0.15) is 27.6 Å². The highest BCUT2D eigenvalue weighted by Gasteiger charge is 2.21. The van der Waals surface area contributed by atoms with Gasteiger partial charge in [0.15, 0.2) is 17.6 Å². The van der Waals surface area contributed by atoms with E-state index in [2.05, 4.69) is 5.32 Å². The zero-order valence-electron chi connectivity index (χ0n) is 14.4. The number of ketones is 1. The molecule has 1 aliphatic heterocycles. The van der Waals surface area contributed by atoms with Crippen molar-refractivity contribution in [1.82, 2.24) is 5.32 Å². The first-order valence-corrected chi connectivity index (χ1v) is 8.11. The smallest absolute Gasteiger partial charge is 0.326 e. The molecule has 27 heavy (non-hydrogen) atoms. The van der Waals surface area contributed by atoms with Gasteiger partial charge in [0, 0.05) is 11.1 Å². The Morgan fingerprint density at radius 1 is 1.07 bits per heavy atom. The molecule has 1 heterocycles. The zero-order valence-corrected chi connectivity index (χ0v) is 14.4. The first kappa shape index (κ1) is 18.4. The SMILES string of the molecule is C[C@@H](OC(=O)CNC(=O)c1ccc2c(c1)OCO2)C(=O)c1ccc(F)cc1. The Labute approximate surface area is 154 Å². The van der Waals surface area contributed by atoms with Gasteiger partial charge in [0.05, 0.1) is 0 Å². The Bertz CT molecular complexity index is 880. The van der Waals surface area contributed by atoms with E-state index in [1.807, 2.05) is 0 Å². The molecule has 1 N–H and O–H groups in total. The summed E-state index contributed by atoms with van der Waals surface area (Å²) < 4.78 is 28.3. The number of rotatable bonds is 6. The number of nitrogens with one attached hydrogen (secondary N) is 1. The number of ether oxygens (including phenoxy) is 3. The van der Waals surface area contributed by atoms with Crippen LogP contribution in [0.5, 0.6) is 11.5 Å². The number of halogens is 1. The van der Waals surface area contributed by atoms with E-state index >= 15 is 0 Å². The molecule has 0 fully saturated rings. The minimum Gasteiger partial charge on any atom is -0.454 e. The van der Waals surface area contributed by atoms with Gasteiger partial charge in [0.25, 0.3) is 5.91 Å². The van der Waals surface area contributed by atoms with E-state index in [0.717, 1.165) is 12.1 Å². The number of hydrogen-bond donors (Lipinski definition) is 1. The first-order chi connectivity index (χ1) is 12.9. The van der Waals surface area contributed by atoms with E-state index < -0.39 is 36.1 Å². The number of carbonyl (C=O) groups excluding carboxylic acids is 3. The maximum atomic E-state index is 12.9. The maximum Gasteiger partial charge on any atom is 0.326 e. The van der Waals surface area contributed by atoms with Crippen LogP contribution in [0.15, 0.2) is 42.5 Å². The zero-order chi connectivity index (χ0) is 19.4.